The second-order valence-electron chi connectivity index (χ2n) is 5.78. The lowest BCUT2D eigenvalue weighted by Crippen LogP contribution is -2.27. The van der Waals surface area contributed by atoms with Gasteiger partial charge in [0.15, 0.2) is 0 Å². The minimum atomic E-state index is -3.45. The Labute approximate surface area is 167 Å². The zero-order valence-corrected chi connectivity index (χ0v) is 17.0. The molecular formula is C17H20N2O7S2. The molecule has 1 amide bonds. The Balaban J connectivity index is 1.87. The topological polar surface area (TPSA) is 119 Å². The Hall–Kier alpha value is -2.53. The summed E-state index contributed by atoms with van der Waals surface area (Å²) in [6.45, 7) is 0.347. The van der Waals surface area contributed by atoms with Crippen LogP contribution in [0.25, 0.3) is 0 Å². The SMILES string of the molecule is COC(=O)/C=C1\SCC(=O)N1CCCOC(=O)c1cccc(NS(C)(=O)=O)c1. The van der Waals surface area contributed by atoms with Gasteiger partial charge in [-0.05, 0) is 24.6 Å². The van der Waals surface area contributed by atoms with Crippen LogP contribution < -0.4 is 4.72 Å². The van der Waals surface area contributed by atoms with E-state index in [9.17, 15) is 22.8 Å². The number of carbonyl (C=O) groups is 3. The Morgan fingerprint density at radius 3 is 2.79 bits per heavy atom. The Morgan fingerprint density at radius 1 is 1.36 bits per heavy atom. The van der Waals surface area contributed by atoms with E-state index in [0.29, 0.717) is 11.4 Å². The van der Waals surface area contributed by atoms with E-state index < -0.39 is 22.0 Å². The van der Waals surface area contributed by atoms with Crippen LogP contribution in [0.1, 0.15) is 16.8 Å². The number of thioether (sulfide) groups is 1. The van der Waals surface area contributed by atoms with E-state index in [4.69, 9.17) is 4.74 Å². The van der Waals surface area contributed by atoms with Gasteiger partial charge in [-0.15, -0.1) is 0 Å². The molecule has 1 aliphatic rings. The first-order valence-electron chi connectivity index (χ1n) is 8.17. The molecule has 1 aromatic rings. The summed E-state index contributed by atoms with van der Waals surface area (Å²) >= 11 is 1.24. The van der Waals surface area contributed by atoms with Gasteiger partial charge < -0.3 is 14.4 Å². The average molecular weight is 428 g/mol. The summed E-state index contributed by atoms with van der Waals surface area (Å²) < 4.78 is 34.5. The highest BCUT2D eigenvalue weighted by Gasteiger charge is 2.27. The summed E-state index contributed by atoms with van der Waals surface area (Å²) in [7, 11) is -2.20. The molecule has 1 aromatic carbocycles. The maximum absolute atomic E-state index is 12.1. The van der Waals surface area contributed by atoms with Gasteiger partial charge in [-0.25, -0.2) is 18.0 Å². The number of carbonyl (C=O) groups excluding carboxylic acids is 3. The van der Waals surface area contributed by atoms with Gasteiger partial charge in [-0.2, -0.15) is 0 Å². The smallest absolute Gasteiger partial charge is 0.338 e. The fourth-order valence-electron chi connectivity index (χ4n) is 2.32. The van der Waals surface area contributed by atoms with Gasteiger partial charge in [0.05, 0.1) is 42.4 Å². The number of nitrogens with zero attached hydrogens (tertiary/aromatic N) is 1. The Bertz CT molecular complexity index is 897. The lowest BCUT2D eigenvalue weighted by molar-refractivity contribution is -0.134. The molecule has 9 nitrogen and oxygen atoms in total. The number of nitrogens with one attached hydrogen (secondary N) is 1. The first-order chi connectivity index (χ1) is 13.2. The van der Waals surface area contributed by atoms with E-state index in [1.165, 1.54) is 54.1 Å². The van der Waals surface area contributed by atoms with E-state index in [-0.39, 0.29) is 36.1 Å². The number of hydrogen-bond acceptors (Lipinski definition) is 8. The summed E-state index contributed by atoms with van der Waals surface area (Å²) in [6.07, 6.45) is 2.64. The lowest BCUT2D eigenvalue weighted by Gasteiger charge is -2.16. The fourth-order valence-corrected chi connectivity index (χ4v) is 3.83. The van der Waals surface area contributed by atoms with Crippen molar-refractivity contribution in [2.75, 3.05) is 37.0 Å². The number of ether oxygens (including phenoxy) is 2. The van der Waals surface area contributed by atoms with Crippen molar-refractivity contribution in [1.82, 2.24) is 4.90 Å². The van der Waals surface area contributed by atoms with Crippen LogP contribution in [-0.2, 0) is 29.1 Å². The fraction of sp³-hybridized carbons (Fsp3) is 0.353. The second kappa shape index (κ2) is 9.60. The third-order valence-electron chi connectivity index (χ3n) is 3.51. The zero-order chi connectivity index (χ0) is 20.7. The van der Waals surface area contributed by atoms with E-state index in [1.807, 2.05) is 0 Å². The van der Waals surface area contributed by atoms with E-state index in [1.54, 1.807) is 0 Å². The first kappa shape index (κ1) is 21.8. The van der Waals surface area contributed by atoms with E-state index in [2.05, 4.69) is 9.46 Å². The molecule has 0 aliphatic carbocycles. The summed E-state index contributed by atoms with van der Waals surface area (Å²) in [6, 6.07) is 5.94. The quantitative estimate of drug-likeness (QED) is 0.373. The highest BCUT2D eigenvalue weighted by molar-refractivity contribution is 8.04. The summed E-state index contributed by atoms with van der Waals surface area (Å²) in [5.41, 5.74) is 0.460. The largest absolute Gasteiger partial charge is 0.466 e. The normalized spacial score (nSPS) is 15.6. The van der Waals surface area contributed by atoms with Gasteiger partial charge >= 0.3 is 11.9 Å². The second-order valence-corrected chi connectivity index (χ2v) is 8.53. The maximum atomic E-state index is 12.1. The molecular weight excluding hydrogens is 408 g/mol. The number of anilines is 1. The molecule has 0 radical (unpaired) electrons. The van der Waals surface area contributed by atoms with Crippen LogP contribution in [-0.4, -0.2) is 63.4 Å². The molecule has 1 N–H and O–H groups in total. The van der Waals surface area contributed by atoms with Crippen LogP contribution >= 0.6 is 11.8 Å². The molecule has 0 spiro atoms. The first-order valence-corrected chi connectivity index (χ1v) is 11.0. The van der Waals surface area contributed by atoms with E-state index >= 15 is 0 Å². The monoisotopic (exact) mass is 428 g/mol. The number of benzene rings is 1. The van der Waals surface area contributed by atoms with Crippen molar-refractivity contribution in [3.05, 3.63) is 40.9 Å². The number of sulfonamides is 1. The number of amides is 1. The molecule has 28 heavy (non-hydrogen) atoms. The van der Waals surface area contributed by atoms with Crippen LogP contribution in [0.15, 0.2) is 35.4 Å². The van der Waals surface area contributed by atoms with Gasteiger partial charge in [0.2, 0.25) is 15.9 Å². The van der Waals surface area contributed by atoms with Crippen LogP contribution in [0.4, 0.5) is 5.69 Å². The third kappa shape index (κ3) is 6.57. The third-order valence-corrected chi connectivity index (χ3v) is 5.15. The number of methoxy groups -OCH3 is 1. The van der Waals surface area contributed by atoms with Gasteiger partial charge in [-0.3, -0.25) is 9.52 Å². The summed E-state index contributed by atoms with van der Waals surface area (Å²) in [5.74, 6) is -1.05. The van der Waals surface area contributed by atoms with Crippen LogP contribution in [0, 0.1) is 0 Å². The minimum absolute atomic E-state index is 0.0581. The van der Waals surface area contributed by atoms with Crippen molar-refractivity contribution in [3.8, 4) is 0 Å². The molecule has 11 heteroatoms. The van der Waals surface area contributed by atoms with Gasteiger partial charge in [0, 0.05) is 12.2 Å². The molecule has 152 valence electrons. The highest BCUT2D eigenvalue weighted by atomic mass is 32.2. The Morgan fingerprint density at radius 2 is 2.11 bits per heavy atom. The average Bonchev–Trinajstić information content (AvgIpc) is 2.97. The summed E-state index contributed by atoms with van der Waals surface area (Å²) in [5, 5.41) is 0.503. The minimum Gasteiger partial charge on any atom is -0.466 e. The lowest BCUT2D eigenvalue weighted by atomic mass is 10.2. The van der Waals surface area contributed by atoms with Crippen LogP contribution in [0.5, 0.6) is 0 Å². The molecule has 0 bridgehead atoms. The van der Waals surface area contributed by atoms with Gasteiger partial charge in [-0.1, -0.05) is 17.8 Å². The molecule has 1 aliphatic heterocycles. The predicted octanol–water partition coefficient (Wildman–Crippen LogP) is 1.19. The number of rotatable bonds is 8. The molecule has 1 saturated heterocycles. The van der Waals surface area contributed by atoms with Crippen molar-refractivity contribution in [1.29, 1.82) is 0 Å². The zero-order valence-electron chi connectivity index (χ0n) is 15.3. The van der Waals surface area contributed by atoms with Gasteiger partial charge in [0.1, 0.15) is 0 Å². The van der Waals surface area contributed by atoms with Crippen LogP contribution in [0.2, 0.25) is 0 Å². The number of hydrogen-bond donors (Lipinski definition) is 1. The number of esters is 2. The van der Waals surface area contributed by atoms with Crippen LogP contribution in [0.3, 0.4) is 0 Å². The van der Waals surface area contributed by atoms with Gasteiger partial charge in [0.25, 0.3) is 0 Å². The van der Waals surface area contributed by atoms with E-state index in [0.717, 1.165) is 6.26 Å². The maximum Gasteiger partial charge on any atom is 0.338 e. The van der Waals surface area contributed by atoms with Crippen molar-refractivity contribution in [2.24, 2.45) is 0 Å². The molecule has 0 unspecified atom stereocenters. The molecule has 1 fully saturated rings. The molecule has 0 atom stereocenters. The Kier molecular flexibility index (Phi) is 7.46. The molecule has 0 saturated carbocycles. The predicted molar refractivity (Wildman–Crippen MR) is 104 cm³/mol. The van der Waals surface area contributed by atoms with Crippen molar-refractivity contribution in [3.63, 3.8) is 0 Å². The summed E-state index contributed by atoms with van der Waals surface area (Å²) in [4.78, 5) is 36.8. The highest BCUT2D eigenvalue weighted by Crippen LogP contribution is 2.28. The molecule has 2 rings (SSSR count). The molecule has 1 heterocycles. The molecule has 0 aromatic heterocycles. The van der Waals surface area contributed by atoms with Crippen molar-refractivity contribution >= 4 is 45.3 Å². The van der Waals surface area contributed by atoms with Crippen molar-refractivity contribution in [2.45, 2.75) is 6.42 Å². The van der Waals surface area contributed by atoms with Crippen molar-refractivity contribution < 1.29 is 32.3 Å². The standard InChI is InChI=1S/C17H20N2O7S2/c1-25-16(21)10-15-19(14(20)11-27-15)7-4-8-26-17(22)12-5-3-6-13(9-12)18-28(2,23)24/h3,5-6,9-10,18H,4,7-8,11H2,1-2H3/b15-10-.